The Morgan fingerprint density at radius 3 is 1.82 bits per heavy atom. The first-order valence-corrected chi connectivity index (χ1v) is 11.1. The van der Waals surface area contributed by atoms with Crippen LogP contribution in [-0.4, -0.2) is 67.0 Å². The van der Waals surface area contributed by atoms with Gasteiger partial charge in [0.05, 0.1) is 0 Å². The van der Waals surface area contributed by atoms with Gasteiger partial charge in [0.2, 0.25) is 5.91 Å². The summed E-state index contributed by atoms with van der Waals surface area (Å²) in [5.74, 6) is -3.14. The van der Waals surface area contributed by atoms with Crippen LogP contribution in [0.25, 0.3) is 0 Å². The Balaban J connectivity index is 3.12. The molecule has 1 heterocycles. The third kappa shape index (κ3) is 10.6. The van der Waals surface area contributed by atoms with Crippen LogP contribution in [0.15, 0.2) is 0 Å². The average Bonchev–Trinajstić information content (AvgIpc) is 2.69. The van der Waals surface area contributed by atoms with Crippen molar-refractivity contribution in [3.05, 3.63) is 0 Å². The van der Waals surface area contributed by atoms with Gasteiger partial charge in [-0.3, -0.25) is 24.0 Å². The van der Waals surface area contributed by atoms with E-state index < -0.39 is 54.5 Å². The van der Waals surface area contributed by atoms with Gasteiger partial charge in [0.25, 0.3) is 0 Å². The summed E-state index contributed by atoms with van der Waals surface area (Å²) in [5.41, 5.74) is 0. The summed E-state index contributed by atoms with van der Waals surface area (Å²) in [7, 11) is 0. The second kappa shape index (κ2) is 14.5. The van der Waals surface area contributed by atoms with Gasteiger partial charge in [-0.05, 0) is 6.42 Å². The van der Waals surface area contributed by atoms with Gasteiger partial charge in [0, 0.05) is 34.1 Å². The highest BCUT2D eigenvalue weighted by atomic mass is 16.7. The van der Waals surface area contributed by atoms with Crippen molar-refractivity contribution in [3.63, 3.8) is 0 Å². The maximum Gasteiger partial charge on any atom is 0.303 e. The zero-order valence-corrected chi connectivity index (χ0v) is 19.9. The van der Waals surface area contributed by atoms with Gasteiger partial charge in [0.15, 0.2) is 24.5 Å². The third-order valence-electron chi connectivity index (χ3n) is 4.80. The lowest BCUT2D eigenvalue weighted by atomic mass is 9.97. The fourth-order valence-corrected chi connectivity index (χ4v) is 3.46. The molecule has 0 aromatic carbocycles. The Kier molecular flexibility index (Phi) is 12.4. The summed E-state index contributed by atoms with van der Waals surface area (Å²) in [6.07, 6.45) is -1.23. The Bertz CT molecular complexity index is 695. The van der Waals surface area contributed by atoms with E-state index in [1.54, 1.807) is 0 Å². The molecule has 0 aliphatic carbocycles. The maximum atomic E-state index is 12.5. The van der Waals surface area contributed by atoms with Crippen LogP contribution in [0.2, 0.25) is 0 Å². The highest BCUT2D eigenvalue weighted by molar-refractivity contribution is 5.76. The zero-order valence-electron chi connectivity index (χ0n) is 19.9. The van der Waals surface area contributed by atoms with Gasteiger partial charge >= 0.3 is 23.9 Å². The zero-order chi connectivity index (χ0) is 25.0. The van der Waals surface area contributed by atoms with Crippen LogP contribution in [0.5, 0.6) is 0 Å². The molecule has 1 N–H and O–H groups in total. The number of hydrogen-bond acceptors (Lipinski definition) is 10. The second-order valence-corrected chi connectivity index (χ2v) is 7.85. The summed E-state index contributed by atoms with van der Waals surface area (Å²) >= 11 is 0. The molecule has 0 radical (unpaired) electrons. The first-order valence-electron chi connectivity index (χ1n) is 11.1. The normalized spacial score (nSPS) is 24.3. The van der Waals surface area contributed by atoms with Gasteiger partial charge in [-0.2, -0.15) is 0 Å². The molecule has 1 fully saturated rings. The molecule has 0 bridgehead atoms. The third-order valence-corrected chi connectivity index (χ3v) is 4.80. The molecule has 11 heteroatoms. The smallest absolute Gasteiger partial charge is 0.303 e. The Morgan fingerprint density at radius 1 is 0.727 bits per heavy atom. The molecule has 33 heavy (non-hydrogen) atoms. The molecule has 0 aromatic heterocycles. The number of rotatable bonds is 12. The number of carbonyl (C=O) groups excluding carboxylic acids is 5. The molecule has 0 aromatic rings. The predicted molar refractivity (Wildman–Crippen MR) is 113 cm³/mol. The molecule has 0 unspecified atom stereocenters. The molecule has 1 aliphatic heterocycles. The van der Waals surface area contributed by atoms with Crippen LogP contribution in [0, 0.1) is 0 Å². The number of hydrogen-bond donors (Lipinski definition) is 1. The van der Waals surface area contributed by atoms with Crippen LogP contribution in [0.4, 0.5) is 0 Å². The molecule has 1 rings (SSSR count). The Hall–Kier alpha value is -2.69. The van der Waals surface area contributed by atoms with Crippen LogP contribution in [0.3, 0.4) is 0 Å². The summed E-state index contributed by atoms with van der Waals surface area (Å²) in [6.45, 7) is 6.35. The van der Waals surface area contributed by atoms with E-state index in [0.29, 0.717) is 6.42 Å². The van der Waals surface area contributed by atoms with Crippen molar-refractivity contribution in [3.8, 4) is 0 Å². The van der Waals surface area contributed by atoms with E-state index in [1.807, 2.05) is 0 Å². The topological polar surface area (TPSA) is 144 Å². The standard InChI is InChI=1S/C22H35NO10/c1-6-7-8-9-10-11-18(28)23-22-21(32-16(5)27)20(31-15(4)26)19(30-14(3)25)17(33-22)12-29-13(2)24/h17,19-22H,6-12H2,1-5H3,(H,23,28)/t17-,19-,20+,21+,22-/m1/s1. The molecule has 0 saturated carbocycles. The van der Waals surface area contributed by atoms with Crippen molar-refractivity contribution >= 4 is 29.8 Å². The van der Waals surface area contributed by atoms with E-state index in [4.69, 9.17) is 23.7 Å². The van der Waals surface area contributed by atoms with Crippen molar-refractivity contribution in [2.45, 2.75) is 104 Å². The van der Waals surface area contributed by atoms with E-state index in [-0.39, 0.29) is 18.9 Å². The average molecular weight is 474 g/mol. The molecular formula is C22H35NO10. The largest absolute Gasteiger partial charge is 0.463 e. The van der Waals surface area contributed by atoms with Gasteiger partial charge < -0.3 is 29.0 Å². The number of esters is 4. The number of amides is 1. The molecule has 1 aliphatic rings. The SMILES string of the molecule is CCCCCCCC(=O)N[C@@H]1O[C@H](COC(C)=O)[C@@H](OC(C)=O)[C@H](OC(C)=O)[C@@H]1OC(C)=O. The first kappa shape index (κ1) is 28.3. The van der Waals surface area contributed by atoms with Gasteiger partial charge in [-0.1, -0.05) is 32.6 Å². The number of unbranched alkanes of at least 4 members (excludes halogenated alkanes) is 4. The minimum atomic E-state index is -1.31. The lowest BCUT2D eigenvalue weighted by Gasteiger charge is -2.44. The van der Waals surface area contributed by atoms with Crippen molar-refractivity contribution in [2.24, 2.45) is 0 Å². The molecule has 1 amide bonds. The molecule has 1 saturated heterocycles. The van der Waals surface area contributed by atoms with Gasteiger partial charge in [-0.15, -0.1) is 0 Å². The maximum absolute atomic E-state index is 12.5. The molecule has 188 valence electrons. The highest BCUT2D eigenvalue weighted by Crippen LogP contribution is 2.28. The van der Waals surface area contributed by atoms with Crippen molar-refractivity contribution in [1.29, 1.82) is 0 Å². The lowest BCUT2D eigenvalue weighted by Crippen LogP contribution is -2.66. The summed E-state index contributed by atoms with van der Waals surface area (Å²) in [4.78, 5) is 59.1. The fraction of sp³-hybridized carbons (Fsp3) is 0.773. The summed E-state index contributed by atoms with van der Waals surface area (Å²) in [5, 5.41) is 2.65. The Labute approximate surface area is 193 Å². The van der Waals surface area contributed by atoms with E-state index >= 15 is 0 Å². The molecular weight excluding hydrogens is 438 g/mol. The van der Waals surface area contributed by atoms with Gasteiger partial charge in [0.1, 0.15) is 12.7 Å². The quantitative estimate of drug-likeness (QED) is 0.252. The first-order chi connectivity index (χ1) is 15.5. The Morgan fingerprint density at radius 2 is 1.27 bits per heavy atom. The second-order valence-electron chi connectivity index (χ2n) is 7.85. The molecule has 11 nitrogen and oxygen atoms in total. The van der Waals surface area contributed by atoms with Crippen LogP contribution < -0.4 is 5.32 Å². The van der Waals surface area contributed by atoms with E-state index in [9.17, 15) is 24.0 Å². The van der Waals surface area contributed by atoms with E-state index in [2.05, 4.69) is 12.2 Å². The summed E-state index contributed by atoms with van der Waals surface area (Å²) < 4.78 is 26.8. The molecule has 5 atom stereocenters. The van der Waals surface area contributed by atoms with E-state index in [0.717, 1.165) is 46.5 Å². The number of carbonyl (C=O) groups is 5. The monoisotopic (exact) mass is 473 g/mol. The van der Waals surface area contributed by atoms with Crippen molar-refractivity contribution < 1.29 is 47.7 Å². The highest BCUT2D eigenvalue weighted by Gasteiger charge is 2.52. The van der Waals surface area contributed by atoms with Crippen molar-refractivity contribution in [2.75, 3.05) is 6.61 Å². The number of ether oxygens (including phenoxy) is 5. The van der Waals surface area contributed by atoms with Gasteiger partial charge in [-0.25, -0.2) is 0 Å². The van der Waals surface area contributed by atoms with Crippen LogP contribution in [-0.2, 0) is 47.7 Å². The van der Waals surface area contributed by atoms with Crippen LogP contribution >= 0.6 is 0 Å². The molecule has 0 spiro atoms. The lowest BCUT2D eigenvalue weighted by molar-refractivity contribution is -0.257. The summed E-state index contributed by atoms with van der Waals surface area (Å²) in [6, 6.07) is 0. The minimum Gasteiger partial charge on any atom is -0.463 e. The van der Waals surface area contributed by atoms with Crippen LogP contribution in [0.1, 0.15) is 73.1 Å². The minimum absolute atomic E-state index is 0.219. The fourth-order valence-electron chi connectivity index (χ4n) is 3.46. The number of nitrogens with one attached hydrogen (secondary N) is 1. The van der Waals surface area contributed by atoms with Crippen molar-refractivity contribution in [1.82, 2.24) is 5.32 Å². The van der Waals surface area contributed by atoms with E-state index in [1.165, 1.54) is 6.92 Å². The predicted octanol–water partition coefficient (Wildman–Crippen LogP) is 1.55.